The van der Waals surface area contributed by atoms with Gasteiger partial charge in [0.1, 0.15) is 5.75 Å². The van der Waals surface area contributed by atoms with Crippen LogP contribution in [-0.4, -0.2) is 34.5 Å². The molecule has 29 heavy (non-hydrogen) atoms. The molecule has 1 aromatic rings. The number of carboxylic acids is 1. The highest BCUT2D eigenvalue weighted by atomic mass is 16.7. The van der Waals surface area contributed by atoms with E-state index >= 15 is 0 Å². The summed E-state index contributed by atoms with van der Waals surface area (Å²) in [5.41, 5.74) is 0.782. The molecule has 1 atom stereocenters. The van der Waals surface area contributed by atoms with Crippen molar-refractivity contribution in [2.45, 2.75) is 104 Å². The Kier molecular flexibility index (Phi) is 5.99. The van der Waals surface area contributed by atoms with Crippen LogP contribution in [0.4, 0.5) is 0 Å². The summed E-state index contributed by atoms with van der Waals surface area (Å²) in [5.74, 6) is -1.45. The fourth-order valence-corrected chi connectivity index (χ4v) is 3.54. The van der Waals surface area contributed by atoms with Crippen molar-refractivity contribution in [3.05, 3.63) is 28.8 Å². The van der Waals surface area contributed by atoms with Crippen LogP contribution >= 0.6 is 0 Å². The number of carboxylic acid groups (broad SMARTS) is 1. The van der Waals surface area contributed by atoms with E-state index in [0.717, 1.165) is 11.1 Å². The van der Waals surface area contributed by atoms with Gasteiger partial charge in [0.25, 0.3) is 0 Å². The van der Waals surface area contributed by atoms with Gasteiger partial charge >= 0.3 is 13.1 Å². The molecule has 1 fully saturated rings. The Bertz CT molecular complexity index is 768. The van der Waals surface area contributed by atoms with Crippen molar-refractivity contribution in [3.63, 3.8) is 0 Å². The van der Waals surface area contributed by atoms with Crippen molar-refractivity contribution >= 4 is 13.1 Å². The molecule has 0 spiro atoms. The van der Waals surface area contributed by atoms with Crippen LogP contribution in [0.1, 0.15) is 98.2 Å². The fraction of sp³-hybridized carbons (Fsp3) is 0.696. The maximum Gasteiger partial charge on any atom is 0.466 e. The molecule has 0 saturated carbocycles. The van der Waals surface area contributed by atoms with E-state index in [9.17, 15) is 15.0 Å². The summed E-state index contributed by atoms with van der Waals surface area (Å²) >= 11 is 0. The second kappa shape index (κ2) is 7.31. The molecule has 1 aliphatic rings. The van der Waals surface area contributed by atoms with E-state index in [-0.39, 0.29) is 23.0 Å². The van der Waals surface area contributed by atoms with E-state index in [4.69, 9.17) is 9.31 Å². The molecule has 1 aliphatic heterocycles. The number of phenols is 1. The molecule has 1 aromatic carbocycles. The van der Waals surface area contributed by atoms with E-state index in [1.54, 1.807) is 0 Å². The summed E-state index contributed by atoms with van der Waals surface area (Å²) in [6.07, 6.45) is -0.193. The Balaban J connectivity index is 2.70. The molecule has 2 rings (SSSR count). The highest BCUT2D eigenvalue weighted by Gasteiger charge is 2.55. The van der Waals surface area contributed by atoms with Gasteiger partial charge in [0.15, 0.2) is 0 Å². The van der Waals surface area contributed by atoms with Gasteiger partial charge in [0.05, 0.1) is 17.6 Å². The van der Waals surface area contributed by atoms with Gasteiger partial charge in [0, 0.05) is 5.82 Å². The first-order valence-corrected chi connectivity index (χ1v) is 10.3. The van der Waals surface area contributed by atoms with E-state index in [0.29, 0.717) is 5.56 Å². The molecule has 0 bridgehead atoms. The molecule has 1 unspecified atom stereocenters. The Morgan fingerprint density at radius 1 is 1.00 bits per heavy atom. The Morgan fingerprint density at radius 3 is 1.86 bits per heavy atom. The number of aromatic hydroxyl groups is 1. The van der Waals surface area contributed by atoms with Crippen LogP contribution in [0.15, 0.2) is 12.1 Å². The van der Waals surface area contributed by atoms with Crippen molar-refractivity contribution in [1.82, 2.24) is 0 Å². The molecule has 0 aromatic heterocycles. The first kappa shape index (κ1) is 23.8. The van der Waals surface area contributed by atoms with E-state index < -0.39 is 30.1 Å². The largest absolute Gasteiger partial charge is 0.507 e. The number of carbonyl (C=O) groups is 1. The summed E-state index contributed by atoms with van der Waals surface area (Å²) in [5, 5.41) is 20.8. The maximum atomic E-state index is 11.7. The fourth-order valence-electron chi connectivity index (χ4n) is 3.54. The third-order valence-electron chi connectivity index (χ3n) is 6.21. The second-order valence-corrected chi connectivity index (χ2v) is 11.3. The smallest absolute Gasteiger partial charge is 0.466 e. The lowest BCUT2D eigenvalue weighted by molar-refractivity contribution is -0.137. The summed E-state index contributed by atoms with van der Waals surface area (Å²) < 4.78 is 12.4. The van der Waals surface area contributed by atoms with Crippen molar-refractivity contribution < 1.29 is 24.3 Å². The highest BCUT2D eigenvalue weighted by molar-refractivity contribution is 6.48. The molecule has 1 heterocycles. The SMILES string of the molecule is CC(C)(C)c1cc(C(CC(=O)O)B2OC(C)(C)C(C)(C)O2)c(O)c(C(C)(C)C)c1. The highest BCUT2D eigenvalue weighted by Crippen LogP contribution is 2.46. The molecule has 162 valence electrons. The van der Waals surface area contributed by atoms with Crippen LogP contribution < -0.4 is 0 Å². The number of phenolic OH excluding ortho intramolecular Hbond substituents is 1. The normalized spacial score (nSPS) is 20.0. The molecule has 0 radical (unpaired) electrons. The number of rotatable bonds is 4. The summed E-state index contributed by atoms with van der Waals surface area (Å²) in [7, 11) is -0.759. The summed E-state index contributed by atoms with van der Waals surface area (Å²) in [4.78, 5) is 11.7. The van der Waals surface area contributed by atoms with Gasteiger partial charge in [-0.1, -0.05) is 53.7 Å². The standard InChI is InChI=1S/C23H37BO5/c1-20(2,3)14-11-15(19(27)16(12-14)21(4,5)6)17(13-18(25)26)24-28-22(7,8)23(9,10)29-24/h11-12,17,27H,13H2,1-10H3,(H,25,26). The van der Waals surface area contributed by atoms with Crippen LogP contribution in [0.3, 0.4) is 0 Å². The minimum absolute atomic E-state index is 0.131. The van der Waals surface area contributed by atoms with E-state index in [1.807, 2.05) is 60.6 Å². The topological polar surface area (TPSA) is 76.0 Å². The third-order valence-corrected chi connectivity index (χ3v) is 6.21. The summed E-state index contributed by atoms with van der Waals surface area (Å²) in [6.45, 7) is 20.2. The first-order chi connectivity index (χ1) is 12.9. The van der Waals surface area contributed by atoms with Gasteiger partial charge in [-0.15, -0.1) is 0 Å². The zero-order valence-electron chi connectivity index (χ0n) is 19.6. The molecule has 6 heteroatoms. The van der Waals surface area contributed by atoms with Gasteiger partial charge in [-0.25, -0.2) is 0 Å². The zero-order valence-corrected chi connectivity index (χ0v) is 19.6. The lowest BCUT2D eigenvalue weighted by atomic mass is 9.64. The molecule has 0 aliphatic carbocycles. The van der Waals surface area contributed by atoms with Crippen molar-refractivity contribution in [2.75, 3.05) is 0 Å². The molecular weight excluding hydrogens is 367 g/mol. The van der Waals surface area contributed by atoms with Gasteiger partial charge in [0.2, 0.25) is 0 Å². The number of benzene rings is 1. The monoisotopic (exact) mass is 404 g/mol. The lowest BCUT2D eigenvalue weighted by Gasteiger charge is -2.32. The maximum absolute atomic E-state index is 11.7. The molecule has 0 amide bonds. The van der Waals surface area contributed by atoms with Crippen LogP contribution in [0, 0.1) is 0 Å². The van der Waals surface area contributed by atoms with Crippen LogP contribution in [0.5, 0.6) is 5.75 Å². The van der Waals surface area contributed by atoms with Crippen molar-refractivity contribution in [2.24, 2.45) is 0 Å². The summed E-state index contributed by atoms with van der Waals surface area (Å²) in [6, 6.07) is 3.95. The molecular formula is C23H37BO5. The number of hydrogen-bond donors (Lipinski definition) is 2. The Labute approximate surface area is 175 Å². The Morgan fingerprint density at radius 2 is 1.48 bits per heavy atom. The quantitative estimate of drug-likeness (QED) is 0.677. The molecule has 2 N–H and O–H groups in total. The third kappa shape index (κ3) is 4.80. The van der Waals surface area contributed by atoms with Crippen LogP contribution in [0.2, 0.25) is 0 Å². The van der Waals surface area contributed by atoms with Crippen molar-refractivity contribution in [1.29, 1.82) is 0 Å². The van der Waals surface area contributed by atoms with E-state index in [2.05, 4.69) is 20.8 Å². The van der Waals surface area contributed by atoms with Gasteiger partial charge in [-0.05, 0) is 55.2 Å². The average molecular weight is 404 g/mol. The Hall–Kier alpha value is -1.53. The molecule has 5 nitrogen and oxygen atoms in total. The molecule has 1 saturated heterocycles. The van der Waals surface area contributed by atoms with E-state index in [1.165, 1.54) is 0 Å². The lowest BCUT2D eigenvalue weighted by Crippen LogP contribution is -2.41. The second-order valence-electron chi connectivity index (χ2n) is 11.3. The van der Waals surface area contributed by atoms with Gasteiger partial charge in [-0.2, -0.15) is 0 Å². The minimum Gasteiger partial charge on any atom is -0.507 e. The first-order valence-electron chi connectivity index (χ1n) is 10.3. The number of hydrogen-bond acceptors (Lipinski definition) is 4. The minimum atomic E-state index is -0.956. The van der Waals surface area contributed by atoms with Crippen molar-refractivity contribution in [3.8, 4) is 5.75 Å². The van der Waals surface area contributed by atoms with Gasteiger partial charge < -0.3 is 19.5 Å². The zero-order chi connectivity index (χ0) is 22.6. The predicted molar refractivity (Wildman–Crippen MR) is 117 cm³/mol. The number of aliphatic carboxylic acids is 1. The van der Waals surface area contributed by atoms with Crippen LogP contribution in [-0.2, 0) is 24.9 Å². The van der Waals surface area contributed by atoms with Crippen LogP contribution in [0.25, 0.3) is 0 Å². The average Bonchev–Trinajstić information content (AvgIpc) is 2.70. The van der Waals surface area contributed by atoms with Gasteiger partial charge in [-0.3, -0.25) is 4.79 Å². The predicted octanol–water partition coefficient (Wildman–Crippen LogP) is 5.18.